The first-order valence-electron chi connectivity index (χ1n) is 13.8. The third-order valence-electron chi connectivity index (χ3n) is 8.15. The van der Waals surface area contributed by atoms with Crippen molar-refractivity contribution in [3.05, 3.63) is 47.0 Å². The van der Waals surface area contributed by atoms with Gasteiger partial charge in [-0.05, 0) is 87.0 Å². The molecule has 5 rings (SSSR count). The highest BCUT2D eigenvalue weighted by atomic mass is 32.1. The highest BCUT2D eigenvalue weighted by molar-refractivity contribution is 7.17. The van der Waals surface area contributed by atoms with Crippen LogP contribution in [0.25, 0.3) is 10.1 Å². The molecule has 6 nitrogen and oxygen atoms in total. The molecule has 2 aromatic rings. The van der Waals surface area contributed by atoms with Crippen LogP contribution in [0.2, 0.25) is 0 Å². The maximum absolute atomic E-state index is 13.7. The first-order chi connectivity index (χ1) is 17.7. The Morgan fingerprint density at radius 1 is 1.14 bits per heavy atom. The molecule has 0 saturated carbocycles. The number of rotatable bonds is 8. The zero-order valence-electron chi connectivity index (χ0n) is 21.4. The van der Waals surface area contributed by atoms with E-state index in [0.29, 0.717) is 24.8 Å². The SMILES string of the molecule is CCO[C@H]1OC(C(=O)N2CCC(N3CCCCC3)CC2)=C[C@@H](c2csc3ccccc23)[C@@H]1CCCO. The number of nitrogens with zero attached hydrogens (tertiary/aromatic N) is 2. The van der Waals surface area contributed by atoms with E-state index in [2.05, 4.69) is 34.5 Å². The Kier molecular flexibility index (Phi) is 8.62. The Morgan fingerprint density at radius 3 is 2.67 bits per heavy atom. The minimum absolute atomic E-state index is 0.00263. The molecule has 1 amide bonds. The maximum Gasteiger partial charge on any atom is 0.288 e. The Hall–Kier alpha value is -1.93. The number of ether oxygens (including phenoxy) is 2. The van der Waals surface area contributed by atoms with Gasteiger partial charge in [-0.1, -0.05) is 24.6 Å². The van der Waals surface area contributed by atoms with Crippen molar-refractivity contribution < 1.29 is 19.4 Å². The van der Waals surface area contributed by atoms with Gasteiger partial charge in [0.1, 0.15) is 0 Å². The first-order valence-corrected chi connectivity index (χ1v) is 14.7. The number of thiophene rings is 1. The van der Waals surface area contributed by atoms with Crippen molar-refractivity contribution in [1.82, 2.24) is 9.80 Å². The van der Waals surface area contributed by atoms with Crippen molar-refractivity contribution in [3.63, 3.8) is 0 Å². The summed E-state index contributed by atoms with van der Waals surface area (Å²) < 4.78 is 13.6. The van der Waals surface area contributed by atoms with Gasteiger partial charge >= 0.3 is 0 Å². The third-order valence-corrected chi connectivity index (χ3v) is 9.13. The van der Waals surface area contributed by atoms with Crippen LogP contribution in [-0.4, -0.2) is 72.5 Å². The van der Waals surface area contributed by atoms with E-state index in [0.717, 1.165) is 32.4 Å². The molecule has 3 atom stereocenters. The summed E-state index contributed by atoms with van der Waals surface area (Å²) in [5.41, 5.74) is 1.22. The monoisotopic (exact) mass is 512 g/mol. The smallest absolute Gasteiger partial charge is 0.288 e. The number of allylic oxidation sites excluding steroid dienone is 1. The minimum atomic E-state index is -0.500. The standard InChI is InChI=1S/C29H40N2O4S/c1-2-34-29-23(10-8-18-32)24(25-20-36-27-11-5-4-9-22(25)27)19-26(35-29)28(33)31-16-12-21(13-17-31)30-14-6-3-7-15-30/h4-5,9,11,19-21,23-24,29,32H,2-3,6-8,10,12-18H2,1H3/t23-,24+,29-/m0/s1. The molecule has 36 heavy (non-hydrogen) atoms. The summed E-state index contributed by atoms with van der Waals surface area (Å²) in [7, 11) is 0. The number of fused-ring (bicyclic) bond motifs is 1. The second-order valence-electron chi connectivity index (χ2n) is 10.3. The number of carbonyl (C=O) groups is 1. The zero-order valence-corrected chi connectivity index (χ0v) is 22.3. The van der Waals surface area contributed by atoms with E-state index in [9.17, 15) is 9.90 Å². The number of aliphatic hydroxyl groups is 1. The lowest BCUT2D eigenvalue weighted by molar-refractivity contribution is -0.170. The predicted octanol–water partition coefficient (Wildman–Crippen LogP) is 5.13. The molecule has 2 saturated heterocycles. The summed E-state index contributed by atoms with van der Waals surface area (Å²) in [6.45, 7) is 6.57. The van der Waals surface area contributed by atoms with Crippen molar-refractivity contribution in [2.75, 3.05) is 39.4 Å². The average Bonchev–Trinajstić information content (AvgIpc) is 3.36. The molecule has 1 aromatic carbocycles. The van der Waals surface area contributed by atoms with Crippen LogP contribution in [0.3, 0.4) is 0 Å². The summed E-state index contributed by atoms with van der Waals surface area (Å²) in [6.07, 6.45) is 9.01. The molecule has 196 valence electrons. The molecule has 1 N–H and O–H groups in total. The number of piperidine rings is 2. The van der Waals surface area contributed by atoms with E-state index in [4.69, 9.17) is 9.47 Å². The van der Waals surface area contributed by atoms with E-state index in [1.54, 1.807) is 11.3 Å². The summed E-state index contributed by atoms with van der Waals surface area (Å²) in [4.78, 5) is 18.3. The molecule has 0 radical (unpaired) electrons. The van der Waals surface area contributed by atoms with Crippen LogP contribution < -0.4 is 0 Å². The van der Waals surface area contributed by atoms with Crippen LogP contribution in [0.1, 0.15) is 63.4 Å². The largest absolute Gasteiger partial charge is 0.459 e. The summed E-state index contributed by atoms with van der Waals surface area (Å²) in [5.74, 6) is 0.451. The lowest BCUT2D eigenvalue weighted by Crippen LogP contribution is -2.49. The Balaban J connectivity index is 1.38. The average molecular weight is 513 g/mol. The van der Waals surface area contributed by atoms with Crippen molar-refractivity contribution in [1.29, 1.82) is 0 Å². The van der Waals surface area contributed by atoms with Crippen LogP contribution in [0.4, 0.5) is 0 Å². The van der Waals surface area contributed by atoms with Crippen LogP contribution in [0.15, 0.2) is 41.5 Å². The van der Waals surface area contributed by atoms with Gasteiger partial charge in [-0.15, -0.1) is 11.3 Å². The van der Waals surface area contributed by atoms with Crippen molar-refractivity contribution in [2.24, 2.45) is 5.92 Å². The molecule has 4 heterocycles. The highest BCUT2D eigenvalue weighted by Crippen LogP contribution is 2.43. The van der Waals surface area contributed by atoms with E-state index in [-0.39, 0.29) is 24.3 Å². The van der Waals surface area contributed by atoms with Gasteiger partial charge in [0.15, 0.2) is 5.76 Å². The highest BCUT2D eigenvalue weighted by Gasteiger charge is 2.40. The lowest BCUT2D eigenvalue weighted by atomic mass is 9.80. The second kappa shape index (κ2) is 12.1. The molecular formula is C29H40N2O4S. The van der Waals surface area contributed by atoms with Gasteiger partial charge in [-0.3, -0.25) is 4.79 Å². The van der Waals surface area contributed by atoms with E-state index in [1.165, 1.54) is 48.0 Å². The molecule has 0 bridgehead atoms. The van der Waals surface area contributed by atoms with Gasteiger partial charge in [0.25, 0.3) is 5.91 Å². The zero-order chi connectivity index (χ0) is 24.9. The normalized spacial score (nSPS) is 26.1. The third kappa shape index (κ3) is 5.49. The predicted molar refractivity (Wildman–Crippen MR) is 144 cm³/mol. The van der Waals surface area contributed by atoms with Gasteiger partial charge in [0, 0.05) is 48.9 Å². The molecule has 7 heteroatoms. The summed E-state index contributed by atoms with van der Waals surface area (Å²) in [5, 5.41) is 13.0. The molecule has 0 unspecified atom stereocenters. The van der Waals surface area contributed by atoms with Crippen molar-refractivity contribution >= 4 is 27.3 Å². The van der Waals surface area contributed by atoms with E-state index < -0.39 is 6.29 Å². The molecule has 2 fully saturated rings. The van der Waals surface area contributed by atoms with E-state index >= 15 is 0 Å². The summed E-state index contributed by atoms with van der Waals surface area (Å²) in [6, 6.07) is 9.05. The molecule has 3 aliphatic rings. The molecule has 0 aliphatic carbocycles. The Morgan fingerprint density at radius 2 is 1.92 bits per heavy atom. The van der Waals surface area contributed by atoms with Crippen molar-refractivity contribution in [2.45, 2.75) is 70.1 Å². The van der Waals surface area contributed by atoms with Gasteiger partial charge < -0.3 is 24.4 Å². The topological polar surface area (TPSA) is 62.2 Å². The number of hydrogen-bond acceptors (Lipinski definition) is 6. The second-order valence-corrected chi connectivity index (χ2v) is 11.2. The fourth-order valence-electron chi connectivity index (χ4n) is 6.24. The van der Waals surface area contributed by atoms with Crippen LogP contribution >= 0.6 is 11.3 Å². The van der Waals surface area contributed by atoms with E-state index in [1.807, 2.05) is 17.9 Å². The van der Waals surface area contributed by atoms with Crippen LogP contribution in [0, 0.1) is 5.92 Å². The molecule has 3 aliphatic heterocycles. The van der Waals surface area contributed by atoms with Gasteiger partial charge in [-0.2, -0.15) is 0 Å². The van der Waals surface area contributed by atoms with Gasteiger partial charge in [-0.25, -0.2) is 0 Å². The molecule has 1 aromatic heterocycles. The number of amides is 1. The minimum Gasteiger partial charge on any atom is -0.459 e. The fraction of sp³-hybridized carbons (Fsp3) is 0.621. The fourth-order valence-corrected chi connectivity index (χ4v) is 7.25. The van der Waals surface area contributed by atoms with Gasteiger partial charge in [0.2, 0.25) is 6.29 Å². The quantitative estimate of drug-likeness (QED) is 0.532. The van der Waals surface area contributed by atoms with Gasteiger partial charge in [0.05, 0.1) is 0 Å². The lowest BCUT2D eigenvalue weighted by Gasteiger charge is -2.41. The number of carbonyl (C=O) groups excluding carboxylic acids is 1. The molecule has 0 spiro atoms. The van der Waals surface area contributed by atoms with Crippen LogP contribution in [0.5, 0.6) is 0 Å². The number of benzene rings is 1. The number of aliphatic hydroxyl groups excluding tert-OH is 1. The number of hydrogen-bond donors (Lipinski definition) is 1. The Labute approximate surface area is 218 Å². The first kappa shape index (κ1) is 25.7. The number of likely N-dealkylation sites (tertiary alicyclic amines) is 2. The Bertz CT molecular complexity index is 1040. The van der Waals surface area contributed by atoms with Crippen LogP contribution in [-0.2, 0) is 14.3 Å². The van der Waals surface area contributed by atoms with Crippen molar-refractivity contribution in [3.8, 4) is 0 Å². The maximum atomic E-state index is 13.7. The molecular weight excluding hydrogens is 472 g/mol. The summed E-state index contributed by atoms with van der Waals surface area (Å²) >= 11 is 1.74.